The largest absolute Gasteiger partial charge is 0.340 e. The van der Waals surface area contributed by atoms with E-state index >= 15 is 0 Å². The standard InChI is InChI=1S/C8H16N2O.C4H10/c1-3-8(11)10-6-4-9(2)5-7-10;1-3-4-2/h3-7H2,1-2H3;3-4H2,1-2H3. The number of carbonyl (C=O) groups is 1. The highest BCUT2D eigenvalue weighted by atomic mass is 16.2. The van der Waals surface area contributed by atoms with Crippen LogP contribution < -0.4 is 0 Å². The molecule has 1 aliphatic heterocycles. The highest BCUT2D eigenvalue weighted by molar-refractivity contribution is 5.75. The van der Waals surface area contributed by atoms with Crippen LogP contribution in [0.3, 0.4) is 0 Å². The average molecular weight is 214 g/mol. The first kappa shape index (κ1) is 14.4. The van der Waals surface area contributed by atoms with E-state index < -0.39 is 0 Å². The lowest BCUT2D eigenvalue weighted by Gasteiger charge is -2.32. The van der Waals surface area contributed by atoms with E-state index in [0.29, 0.717) is 6.42 Å². The quantitative estimate of drug-likeness (QED) is 0.701. The number of hydrogen-bond donors (Lipinski definition) is 0. The SMILES string of the molecule is CCC(=O)N1CCN(C)CC1.CCCC. The number of piperazine rings is 1. The Morgan fingerprint density at radius 3 is 1.80 bits per heavy atom. The van der Waals surface area contributed by atoms with Gasteiger partial charge in [-0.25, -0.2) is 0 Å². The van der Waals surface area contributed by atoms with Crippen molar-refractivity contribution in [2.75, 3.05) is 33.2 Å². The second-order valence-electron chi connectivity index (χ2n) is 4.04. The maximum absolute atomic E-state index is 11.2. The summed E-state index contributed by atoms with van der Waals surface area (Å²) in [6.45, 7) is 10.1. The van der Waals surface area contributed by atoms with E-state index in [1.807, 2.05) is 11.8 Å². The summed E-state index contributed by atoms with van der Waals surface area (Å²) < 4.78 is 0. The van der Waals surface area contributed by atoms with Gasteiger partial charge in [0.25, 0.3) is 0 Å². The molecule has 1 fully saturated rings. The Morgan fingerprint density at radius 2 is 1.47 bits per heavy atom. The highest BCUT2D eigenvalue weighted by Gasteiger charge is 2.16. The Bertz CT molecular complexity index is 161. The van der Waals surface area contributed by atoms with Crippen LogP contribution in [0.2, 0.25) is 0 Å². The van der Waals surface area contributed by atoms with Crippen LogP contribution in [0.1, 0.15) is 40.0 Å². The van der Waals surface area contributed by atoms with Gasteiger partial charge < -0.3 is 9.80 Å². The van der Waals surface area contributed by atoms with E-state index in [1.54, 1.807) is 0 Å². The molecular formula is C12H26N2O. The van der Waals surface area contributed by atoms with Gasteiger partial charge in [0.2, 0.25) is 5.91 Å². The van der Waals surface area contributed by atoms with Gasteiger partial charge in [-0.1, -0.05) is 33.6 Å². The van der Waals surface area contributed by atoms with Crippen molar-refractivity contribution in [1.29, 1.82) is 0 Å². The van der Waals surface area contributed by atoms with Crippen molar-refractivity contribution < 1.29 is 4.79 Å². The second kappa shape index (κ2) is 8.72. The molecule has 90 valence electrons. The number of rotatable bonds is 2. The Kier molecular flexibility index (Phi) is 8.38. The van der Waals surface area contributed by atoms with Crippen molar-refractivity contribution in [3.63, 3.8) is 0 Å². The molecule has 3 heteroatoms. The summed E-state index contributed by atoms with van der Waals surface area (Å²) >= 11 is 0. The molecule has 0 saturated carbocycles. The van der Waals surface area contributed by atoms with Gasteiger partial charge in [-0.05, 0) is 7.05 Å². The summed E-state index contributed by atoms with van der Waals surface area (Å²) in [7, 11) is 2.09. The molecule has 0 aromatic carbocycles. The van der Waals surface area contributed by atoms with Crippen LogP contribution in [0.25, 0.3) is 0 Å². The van der Waals surface area contributed by atoms with Gasteiger partial charge >= 0.3 is 0 Å². The fourth-order valence-corrected chi connectivity index (χ4v) is 1.28. The van der Waals surface area contributed by atoms with Crippen molar-refractivity contribution in [2.45, 2.75) is 40.0 Å². The van der Waals surface area contributed by atoms with Crippen LogP contribution in [-0.4, -0.2) is 48.9 Å². The molecule has 0 unspecified atom stereocenters. The number of amides is 1. The van der Waals surface area contributed by atoms with E-state index in [0.717, 1.165) is 26.2 Å². The predicted octanol–water partition coefficient (Wildman–Crippen LogP) is 1.98. The molecule has 0 aromatic heterocycles. The minimum atomic E-state index is 0.290. The highest BCUT2D eigenvalue weighted by Crippen LogP contribution is 2.00. The van der Waals surface area contributed by atoms with E-state index in [4.69, 9.17) is 0 Å². The van der Waals surface area contributed by atoms with Crippen molar-refractivity contribution in [1.82, 2.24) is 9.80 Å². The molecule has 0 radical (unpaired) electrons. The number of likely N-dealkylation sites (N-methyl/N-ethyl adjacent to an activating group) is 1. The summed E-state index contributed by atoms with van der Waals surface area (Å²) in [6.07, 6.45) is 3.28. The number of unbranched alkanes of at least 4 members (excludes halogenated alkanes) is 1. The predicted molar refractivity (Wildman–Crippen MR) is 65.0 cm³/mol. The van der Waals surface area contributed by atoms with Crippen molar-refractivity contribution in [3.8, 4) is 0 Å². The number of nitrogens with zero attached hydrogens (tertiary/aromatic N) is 2. The molecule has 3 nitrogen and oxygen atoms in total. The summed E-state index contributed by atoms with van der Waals surface area (Å²) in [5.74, 6) is 0.290. The van der Waals surface area contributed by atoms with Crippen molar-refractivity contribution in [3.05, 3.63) is 0 Å². The second-order valence-corrected chi connectivity index (χ2v) is 4.04. The fraction of sp³-hybridized carbons (Fsp3) is 0.917. The van der Waals surface area contributed by atoms with Crippen molar-refractivity contribution >= 4 is 5.91 Å². The van der Waals surface area contributed by atoms with Crippen LogP contribution in [0, 0.1) is 0 Å². The first-order valence-electron chi connectivity index (χ1n) is 6.11. The third-order valence-corrected chi connectivity index (χ3v) is 2.66. The van der Waals surface area contributed by atoms with Crippen LogP contribution in [-0.2, 0) is 4.79 Å². The summed E-state index contributed by atoms with van der Waals surface area (Å²) in [5.41, 5.74) is 0. The molecule has 1 amide bonds. The van der Waals surface area contributed by atoms with E-state index in [9.17, 15) is 4.79 Å². The van der Waals surface area contributed by atoms with Gasteiger partial charge in [0.05, 0.1) is 0 Å². The monoisotopic (exact) mass is 214 g/mol. The first-order chi connectivity index (χ1) is 7.15. The zero-order chi connectivity index (χ0) is 11.7. The number of hydrogen-bond acceptors (Lipinski definition) is 2. The molecule has 0 aliphatic carbocycles. The Morgan fingerprint density at radius 1 is 1.00 bits per heavy atom. The van der Waals surface area contributed by atoms with E-state index in [-0.39, 0.29) is 5.91 Å². The molecule has 0 atom stereocenters. The third kappa shape index (κ3) is 6.50. The van der Waals surface area contributed by atoms with E-state index in [2.05, 4.69) is 25.8 Å². The minimum Gasteiger partial charge on any atom is -0.340 e. The smallest absolute Gasteiger partial charge is 0.222 e. The average Bonchev–Trinajstić information content (AvgIpc) is 2.29. The van der Waals surface area contributed by atoms with Gasteiger partial charge in [0.15, 0.2) is 0 Å². The van der Waals surface area contributed by atoms with Gasteiger partial charge in [0.1, 0.15) is 0 Å². The van der Waals surface area contributed by atoms with Gasteiger partial charge in [-0.15, -0.1) is 0 Å². The third-order valence-electron chi connectivity index (χ3n) is 2.66. The maximum atomic E-state index is 11.2. The molecule has 1 heterocycles. The molecule has 0 N–H and O–H groups in total. The summed E-state index contributed by atoms with van der Waals surface area (Å²) in [4.78, 5) is 15.4. The number of carbonyl (C=O) groups excluding carboxylic acids is 1. The normalized spacial score (nSPS) is 16.9. The summed E-state index contributed by atoms with van der Waals surface area (Å²) in [6, 6.07) is 0. The zero-order valence-electron chi connectivity index (χ0n) is 10.8. The molecule has 1 saturated heterocycles. The molecule has 1 rings (SSSR count). The van der Waals surface area contributed by atoms with Gasteiger partial charge in [-0.3, -0.25) is 4.79 Å². The first-order valence-corrected chi connectivity index (χ1v) is 6.11. The molecule has 15 heavy (non-hydrogen) atoms. The molecule has 0 aromatic rings. The maximum Gasteiger partial charge on any atom is 0.222 e. The fourth-order valence-electron chi connectivity index (χ4n) is 1.28. The Hall–Kier alpha value is -0.570. The zero-order valence-corrected chi connectivity index (χ0v) is 10.8. The van der Waals surface area contributed by atoms with Gasteiger partial charge in [-0.2, -0.15) is 0 Å². The van der Waals surface area contributed by atoms with Crippen LogP contribution in [0.15, 0.2) is 0 Å². The topological polar surface area (TPSA) is 23.6 Å². The molecule has 0 bridgehead atoms. The van der Waals surface area contributed by atoms with Crippen LogP contribution >= 0.6 is 0 Å². The minimum absolute atomic E-state index is 0.290. The Labute approximate surface area is 94.4 Å². The van der Waals surface area contributed by atoms with Crippen LogP contribution in [0.5, 0.6) is 0 Å². The van der Waals surface area contributed by atoms with Gasteiger partial charge in [0, 0.05) is 32.6 Å². The van der Waals surface area contributed by atoms with Crippen molar-refractivity contribution in [2.24, 2.45) is 0 Å². The lowest BCUT2D eigenvalue weighted by molar-refractivity contribution is -0.132. The lowest BCUT2D eigenvalue weighted by atomic mass is 10.3. The Balaban J connectivity index is 0.000000423. The lowest BCUT2D eigenvalue weighted by Crippen LogP contribution is -2.46. The van der Waals surface area contributed by atoms with E-state index in [1.165, 1.54) is 12.8 Å². The van der Waals surface area contributed by atoms with Crippen LogP contribution in [0.4, 0.5) is 0 Å². The molecular weight excluding hydrogens is 188 g/mol. The molecule has 0 spiro atoms. The summed E-state index contributed by atoms with van der Waals surface area (Å²) in [5, 5.41) is 0. The molecule has 1 aliphatic rings.